The van der Waals surface area contributed by atoms with Crippen LogP contribution < -0.4 is 11.5 Å². The van der Waals surface area contributed by atoms with E-state index in [1.807, 2.05) is 0 Å². The van der Waals surface area contributed by atoms with E-state index in [2.05, 4.69) is 4.90 Å². The number of hydrogen-bond acceptors (Lipinski definition) is 4. The second-order valence-electron chi connectivity index (χ2n) is 4.94. The van der Waals surface area contributed by atoms with Crippen LogP contribution in [0.5, 0.6) is 0 Å². The van der Waals surface area contributed by atoms with E-state index >= 15 is 0 Å². The smallest absolute Gasteiger partial charge is 0.143 e. The second kappa shape index (κ2) is 10.5. The fourth-order valence-electron chi connectivity index (χ4n) is 1.89. The first-order valence-electron chi connectivity index (χ1n) is 6.79. The number of Topliss-reactive ketones (excluding diaryl/α,β-unsaturated/α-hetero) is 1. The van der Waals surface area contributed by atoms with Gasteiger partial charge in [0, 0.05) is 12.8 Å². The lowest BCUT2D eigenvalue weighted by atomic mass is 10.2. The van der Waals surface area contributed by atoms with Crippen molar-refractivity contribution in [3.05, 3.63) is 0 Å². The van der Waals surface area contributed by atoms with Gasteiger partial charge in [-0.05, 0) is 45.7 Å². The van der Waals surface area contributed by atoms with Crippen LogP contribution in [0.3, 0.4) is 0 Å². The molecule has 19 heavy (non-hydrogen) atoms. The minimum atomic E-state index is 0.165. The molecule has 0 radical (unpaired) electrons. The highest BCUT2D eigenvalue weighted by Crippen LogP contribution is 2.03. The summed E-state index contributed by atoms with van der Waals surface area (Å²) in [6.45, 7) is 3.78. The highest BCUT2D eigenvalue weighted by molar-refractivity contribution is 5.77. The van der Waals surface area contributed by atoms with Crippen LogP contribution in [0.25, 0.3) is 0 Å². The first kappa shape index (κ1) is 17.6. The molecule has 0 spiro atoms. The molecule has 0 aliphatic carbocycles. The zero-order chi connectivity index (χ0) is 14.7. The van der Waals surface area contributed by atoms with E-state index in [0.717, 1.165) is 38.8 Å². The molecular weight excluding hydrogens is 242 g/mol. The van der Waals surface area contributed by atoms with Gasteiger partial charge in [-0.1, -0.05) is 0 Å². The van der Waals surface area contributed by atoms with Gasteiger partial charge in [0.25, 0.3) is 0 Å². The monoisotopic (exact) mass is 269 g/mol. The van der Waals surface area contributed by atoms with Gasteiger partial charge in [0.05, 0.1) is 18.2 Å². The van der Waals surface area contributed by atoms with E-state index in [4.69, 9.17) is 22.3 Å². The van der Waals surface area contributed by atoms with Crippen molar-refractivity contribution >= 4 is 17.5 Å². The molecule has 6 nitrogen and oxygen atoms in total. The van der Waals surface area contributed by atoms with Crippen molar-refractivity contribution in [2.45, 2.75) is 45.4 Å². The lowest BCUT2D eigenvalue weighted by Crippen LogP contribution is -2.31. The standard InChI is InChI=1S/C13H27N5O/c1-11(19)10-18(8-4-2-6-12(14)15)9-5-3-7-13(16)17/h2-10H2,1H3,(H3,14,15)(H3,16,17). The van der Waals surface area contributed by atoms with E-state index in [9.17, 15) is 4.79 Å². The van der Waals surface area contributed by atoms with Crippen LogP contribution in [0.4, 0.5) is 0 Å². The summed E-state index contributed by atoms with van der Waals surface area (Å²) < 4.78 is 0. The molecule has 0 saturated carbocycles. The lowest BCUT2D eigenvalue weighted by molar-refractivity contribution is -0.118. The van der Waals surface area contributed by atoms with Gasteiger partial charge in [-0.15, -0.1) is 0 Å². The molecule has 0 aliphatic rings. The molecule has 0 aliphatic heterocycles. The summed E-state index contributed by atoms with van der Waals surface area (Å²) in [6, 6.07) is 0. The molecule has 0 fully saturated rings. The number of nitrogens with one attached hydrogen (secondary N) is 2. The number of carbonyl (C=O) groups excluding carboxylic acids is 1. The average molecular weight is 269 g/mol. The minimum Gasteiger partial charge on any atom is -0.388 e. The number of hydrogen-bond donors (Lipinski definition) is 4. The number of ketones is 1. The van der Waals surface area contributed by atoms with Gasteiger partial charge >= 0.3 is 0 Å². The van der Waals surface area contributed by atoms with Gasteiger partial charge in [-0.3, -0.25) is 20.5 Å². The molecule has 0 rings (SSSR count). The van der Waals surface area contributed by atoms with Crippen molar-refractivity contribution in [1.29, 1.82) is 10.8 Å². The molecule has 0 aromatic heterocycles. The molecule has 0 heterocycles. The Morgan fingerprint density at radius 3 is 1.68 bits per heavy atom. The first-order chi connectivity index (χ1) is 8.91. The zero-order valence-electron chi connectivity index (χ0n) is 11.9. The van der Waals surface area contributed by atoms with E-state index in [1.165, 1.54) is 0 Å². The van der Waals surface area contributed by atoms with Crippen LogP contribution >= 0.6 is 0 Å². The molecule has 0 saturated heterocycles. The first-order valence-corrected chi connectivity index (χ1v) is 6.79. The van der Waals surface area contributed by atoms with Crippen molar-refractivity contribution in [3.63, 3.8) is 0 Å². The van der Waals surface area contributed by atoms with E-state index < -0.39 is 0 Å². The van der Waals surface area contributed by atoms with Crippen molar-refractivity contribution < 1.29 is 4.79 Å². The number of rotatable bonds is 12. The van der Waals surface area contributed by atoms with Crippen molar-refractivity contribution in [1.82, 2.24) is 4.90 Å². The Labute approximate surface area is 115 Å². The Bertz CT molecular complexity index is 281. The quantitative estimate of drug-likeness (QED) is 0.241. The third-order valence-corrected chi connectivity index (χ3v) is 2.79. The normalized spacial score (nSPS) is 10.6. The van der Waals surface area contributed by atoms with Crippen LogP contribution in [-0.2, 0) is 4.79 Å². The minimum absolute atomic E-state index is 0.165. The molecular formula is C13H27N5O. The van der Waals surface area contributed by atoms with Crippen LogP contribution in [-0.4, -0.2) is 42.0 Å². The Morgan fingerprint density at radius 1 is 0.947 bits per heavy atom. The van der Waals surface area contributed by atoms with E-state index in [0.29, 0.717) is 19.4 Å². The zero-order valence-corrected chi connectivity index (χ0v) is 11.9. The van der Waals surface area contributed by atoms with Gasteiger partial charge in [0.1, 0.15) is 5.78 Å². The Hall–Kier alpha value is -1.43. The molecule has 0 aromatic carbocycles. The fourth-order valence-corrected chi connectivity index (χ4v) is 1.89. The summed E-state index contributed by atoms with van der Waals surface area (Å²) in [5.41, 5.74) is 10.6. The van der Waals surface area contributed by atoms with Gasteiger partial charge in [-0.25, -0.2) is 0 Å². The maximum absolute atomic E-state index is 11.2. The van der Waals surface area contributed by atoms with Crippen LogP contribution in [0.1, 0.15) is 45.4 Å². The maximum atomic E-state index is 11.2. The molecule has 0 unspecified atom stereocenters. The van der Waals surface area contributed by atoms with Gasteiger partial charge in [0.2, 0.25) is 0 Å². The highest BCUT2D eigenvalue weighted by atomic mass is 16.1. The third kappa shape index (κ3) is 12.8. The summed E-state index contributed by atoms with van der Waals surface area (Å²) in [5, 5.41) is 14.3. The van der Waals surface area contributed by atoms with Crippen LogP contribution in [0.15, 0.2) is 0 Å². The molecule has 6 heteroatoms. The predicted molar refractivity (Wildman–Crippen MR) is 78.7 cm³/mol. The number of carbonyl (C=O) groups is 1. The fraction of sp³-hybridized carbons (Fsp3) is 0.769. The summed E-state index contributed by atoms with van der Waals surface area (Å²) in [6.07, 6.45) is 4.91. The Kier molecular flexibility index (Phi) is 9.70. The third-order valence-electron chi connectivity index (χ3n) is 2.79. The largest absolute Gasteiger partial charge is 0.388 e. The van der Waals surface area contributed by atoms with Crippen molar-refractivity contribution in [3.8, 4) is 0 Å². The molecule has 0 amide bonds. The highest BCUT2D eigenvalue weighted by Gasteiger charge is 2.07. The van der Waals surface area contributed by atoms with Crippen LogP contribution in [0.2, 0.25) is 0 Å². The number of amidine groups is 2. The van der Waals surface area contributed by atoms with Crippen molar-refractivity contribution in [2.75, 3.05) is 19.6 Å². The van der Waals surface area contributed by atoms with Crippen LogP contribution in [0, 0.1) is 10.8 Å². The van der Waals surface area contributed by atoms with Gasteiger partial charge in [-0.2, -0.15) is 0 Å². The molecule has 110 valence electrons. The average Bonchev–Trinajstić information content (AvgIpc) is 2.28. The molecule has 6 N–H and O–H groups in total. The SMILES string of the molecule is CC(=O)CN(CCCCC(=N)N)CCCCC(=N)N. The molecule has 0 bridgehead atoms. The number of nitrogens with two attached hydrogens (primary N) is 2. The van der Waals surface area contributed by atoms with E-state index in [1.54, 1.807) is 6.92 Å². The molecule has 0 aromatic rings. The molecule has 0 atom stereocenters. The summed E-state index contributed by atoms with van der Waals surface area (Å²) in [7, 11) is 0. The number of nitrogens with zero attached hydrogens (tertiary/aromatic N) is 1. The summed E-state index contributed by atoms with van der Waals surface area (Å²) in [5.74, 6) is 0.609. The second-order valence-corrected chi connectivity index (χ2v) is 4.94. The lowest BCUT2D eigenvalue weighted by Gasteiger charge is -2.20. The van der Waals surface area contributed by atoms with Gasteiger partial charge < -0.3 is 11.5 Å². The summed E-state index contributed by atoms with van der Waals surface area (Å²) in [4.78, 5) is 13.3. The van der Waals surface area contributed by atoms with Crippen molar-refractivity contribution in [2.24, 2.45) is 11.5 Å². The van der Waals surface area contributed by atoms with Gasteiger partial charge in [0.15, 0.2) is 0 Å². The topological polar surface area (TPSA) is 120 Å². The van der Waals surface area contributed by atoms with E-state index in [-0.39, 0.29) is 17.5 Å². The predicted octanol–water partition coefficient (Wildman–Crippen LogP) is 1.09. The maximum Gasteiger partial charge on any atom is 0.143 e. The number of unbranched alkanes of at least 4 members (excludes halogenated alkanes) is 2. The summed E-state index contributed by atoms with van der Waals surface area (Å²) >= 11 is 0. The Morgan fingerprint density at radius 2 is 1.37 bits per heavy atom. The Balaban J connectivity index is 3.84.